The number of rotatable bonds is 1. The third kappa shape index (κ3) is 3.34. The van der Waals surface area contributed by atoms with Crippen LogP contribution >= 0.6 is 22.6 Å². The number of benzene rings is 1. The van der Waals surface area contributed by atoms with Crippen LogP contribution < -0.4 is 5.32 Å². The predicted molar refractivity (Wildman–Crippen MR) is 77.4 cm³/mol. The molecule has 1 N–H and O–H groups in total. The minimum atomic E-state index is 0.588. The maximum atomic E-state index is 8.81. The summed E-state index contributed by atoms with van der Waals surface area (Å²) in [7, 11) is 0. The van der Waals surface area contributed by atoms with Crippen molar-refractivity contribution in [3.8, 4) is 6.19 Å². The highest BCUT2D eigenvalue weighted by Gasteiger charge is 2.15. The van der Waals surface area contributed by atoms with Crippen LogP contribution in [-0.2, 0) is 4.74 Å². The maximum absolute atomic E-state index is 8.81. The lowest BCUT2D eigenvalue weighted by atomic mass is 10.3. The number of hydrogen-bond donors (Lipinski definition) is 1. The van der Waals surface area contributed by atoms with Gasteiger partial charge in [-0.3, -0.25) is 5.32 Å². The summed E-state index contributed by atoms with van der Waals surface area (Å²) in [6.45, 7) is 2.82. The lowest BCUT2D eigenvalue weighted by molar-refractivity contribution is 0.0670. The second-order valence-corrected chi connectivity index (χ2v) is 4.89. The zero-order valence-corrected chi connectivity index (χ0v) is 11.9. The summed E-state index contributed by atoms with van der Waals surface area (Å²) in [6.07, 6.45) is 1.94. The fourth-order valence-corrected chi connectivity index (χ4v) is 2.17. The molecule has 1 saturated heterocycles. The van der Waals surface area contributed by atoms with Gasteiger partial charge in [0.1, 0.15) is 0 Å². The molecular weight excluding hydrogens is 343 g/mol. The van der Waals surface area contributed by atoms with E-state index >= 15 is 0 Å². The van der Waals surface area contributed by atoms with Gasteiger partial charge >= 0.3 is 0 Å². The topological polar surface area (TPSA) is 60.7 Å². The van der Waals surface area contributed by atoms with Crippen molar-refractivity contribution in [1.29, 1.82) is 5.26 Å². The summed E-state index contributed by atoms with van der Waals surface area (Å²) in [5.41, 5.74) is 0.863. The van der Waals surface area contributed by atoms with E-state index in [0.29, 0.717) is 19.2 Å². The van der Waals surface area contributed by atoms with Crippen LogP contribution in [0.4, 0.5) is 5.69 Å². The standard InChI is InChI=1S/C12H13IN4O/c13-10-3-1-2-4-11(10)16-12(15-9-14)17-5-7-18-8-6-17/h1-4H,5-8H2,(H,15,16). The van der Waals surface area contributed by atoms with Crippen molar-refractivity contribution >= 4 is 34.2 Å². The van der Waals surface area contributed by atoms with Crippen LogP contribution in [0.5, 0.6) is 0 Å². The first-order valence-electron chi connectivity index (χ1n) is 5.62. The van der Waals surface area contributed by atoms with Gasteiger partial charge in [0.15, 0.2) is 6.19 Å². The molecule has 0 unspecified atom stereocenters. The smallest absolute Gasteiger partial charge is 0.212 e. The summed E-state index contributed by atoms with van der Waals surface area (Å²) in [5, 5.41) is 11.5. The molecular formula is C12H13IN4O. The van der Waals surface area contributed by atoms with Gasteiger partial charge in [0, 0.05) is 16.7 Å². The monoisotopic (exact) mass is 356 g/mol. The first-order valence-corrected chi connectivity index (χ1v) is 6.70. The molecule has 1 heterocycles. The number of nitrogens with zero attached hydrogens (tertiary/aromatic N) is 3. The first kappa shape index (κ1) is 13.1. The van der Waals surface area contributed by atoms with Crippen molar-refractivity contribution in [2.24, 2.45) is 4.99 Å². The molecule has 1 aliphatic heterocycles. The number of aliphatic imine (C=N–C) groups is 1. The molecule has 0 spiro atoms. The van der Waals surface area contributed by atoms with Gasteiger partial charge < -0.3 is 9.64 Å². The van der Waals surface area contributed by atoms with Crippen LogP contribution in [0.25, 0.3) is 0 Å². The molecule has 6 heteroatoms. The van der Waals surface area contributed by atoms with Gasteiger partial charge in [-0.15, -0.1) is 0 Å². The van der Waals surface area contributed by atoms with E-state index < -0.39 is 0 Å². The summed E-state index contributed by atoms with van der Waals surface area (Å²) in [4.78, 5) is 6.54. The van der Waals surface area contributed by atoms with Gasteiger partial charge in [-0.1, -0.05) is 12.1 Å². The Bertz CT molecular complexity index is 477. The number of hydrogen-bond acceptors (Lipinski definition) is 3. The fraction of sp³-hybridized carbons (Fsp3) is 0.333. The van der Waals surface area contributed by atoms with Crippen molar-refractivity contribution in [3.63, 3.8) is 0 Å². The summed E-state index contributed by atoms with van der Waals surface area (Å²) >= 11 is 2.23. The van der Waals surface area contributed by atoms with E-state index in [4.69, 9.17) is 10.00 Å². The number of ether oxygens (including phenoxy) is 1. The Labute approximate surface area is 120 Å². The molecule has 2 rings (SSSR count). The summed E-state index contributed by atoms with van der Waals surface area (Å²) in [6, 6.07) is 7.82. The van der Waals surface area contributed by atoms with E-state index in [1.165, 1.54) is 0 Å². The van der Waals surface area contributed by atoms with Crippen LogP contribution in [0.15, 0.2) is 29.3 Å². The molecule has 0 saturated carbocycles. The molecule has 0 bridgehead atoms. The largest absolute Gasteiger partial charge is 0.378 e. The van der Waals surface area contributed by atoms with E-state index in [1.807, 2.05) is 35.4 Å². The molecule has 5 nitrogen and oxygen atoms in total. The highest BCUT2D eigenvalue weighted by molar-refractivity contribution is 14.1. The van der Waals surface area contributed by atoms with Crippen LogP contribution in [0.3, 0.4) is 0 Å². The van der Waals surface area contributed by atoms with Gasteiger partial charge in [0.25, 0.3) is 0 Å². The number of nitrogens with one attached hydrogen (secondary N) is 1. The van der Waals surface area contributed by atoms with E-state index in [1.54, 1.807) is 0 Å². The Morgan fingerprint density at radius 2 is 2.11 bits per heavy atom. The van der Waals surface area contributed by atoms with E-state index in [2.05, 4.69) is 32.9 Å². The number of guanidine groups is 1. The van der Waals surface area contributed by atoms with Crippen molar-refractivity contribution in [3.05, 3.63) is 27.8 Å². The average Bonchev–Trinajstić information content (AvgIpc) is 2.42. The number of morpholine rings is 1. The van der Waals surface area contributed by atoms with Crippen LogP contribution in [-0.4, -0.2) is 37.2 Å². The number of nitriles is 1. The molecule has 0 radical (unpaired) electrons. The lowest BCUT2D eigenvalue weighted by Gasteiger charge is -2.28. The molecule has 94 valence electrons. The zero-order chi connectivity index (χ0) is 12.8. The SMILES string of the molecule is N#CNC(=Nc1ccccc1I)N1CCOCC1. The van der Waals surface area contributed by atoms with Crippen molar-refractivity contribution in [2.45, 2.75) is 0 Å². The van der Waals surface area contributed by atoms with Gasteiger partial charge in [-0.05, 0) is 34.7 Å². The molecule has 0 aliphatic carbocycles. The van der Waals surface area contributed by atoms with Crippen molar-refractivity contribution < 1.29 is 4.74 Å². The van der Waals surface area contributed by atoms with Gasteiger partial charge in [-0.25, -0.2) is 4.99 Å². The second kappa shape index (κ2) is 6.56. The summed E-state index contributed by atoms with van der Waals surface area (Å²) < 4.78 is 6.35. The molecule has 0 amide bonds. The average molecular weight is 356 g/mol. The molecule has 18 heavy (non-hydrogen) atoms. The minimum Gasteiger partial charge on any atom is -0.378 e. The van der Waals surface area contributed by atoms with Gasteiger partial charge in [0.2, 0.25) is 5.96 Å². The lowest BCUT2D eigenvalue weighted by Crippen LogP contribution is -2.45. The number of halogens is 1. The molecule has 1 aromatic carbocycles. The molecule has 0 aromatic heterocycles. The Kier molecular flexibility index (Phi) is 4.78. The highest BCUT2D eigenvalue weighted by Crippen LogP contribution is 2.20. The summed E-state index contributed by atoms with van der Waals surface area (Å²) in [5.74, 6) is 0.588. The van der Waals surface area contributed by atoms with Crippen molar-refractivity contribution in [2.75, 3.05) is 26.3 Å². The van der Waals surface area contributed by atoms with Crippen LogP contribution in [0.1, 0.15) is 0 Å². The zero-order valence-electron chi connectivity index (χ0n) is 9.77. The predicted octanol–water partition coefficient (Wildman–Crippen LogP) is 1.68. The van der Waals surface area contributed by atoms with Gasteiger partial charge in [-0.2, -0.15) is 5.26 Å². The van der Waals surface area contributed by atoms with Gasteiger partial charge in [0.05, 0.1) is 18.9 Å². The highest BCUT2D eigenvalue weighted by atomic mass is 127. The molecule has 1 aliphatic rings. The normalized spacial score (nSPS) is 16.2. The van der Waals surface area contributed by atoms with Crippen LogP contribution in [0.2, 0.25) is 0 Å². The molecule has 0 atom stereocenters. The Hall–Kier alpha value is -1.33. The van der Waals surface area contributed by atoms with Crippen LogP contribution in [0, 0.1) is 15.0 Å². The third-order valence-electron chi connectivity index (χ3n) is 2.56. The van der Waals surface area contributed by atoms with E-state index in [9.17, 15) is 0 Å². The fourth-order valence-electron chi connectivity index (χ4n) is 1.66. The minimum absolute atomic E-state index is 0.588. The van der Waals surface area contributed by atoms with E-state index in [-0.39, 0.29) is 0 Å². The Balaban J connectivity index is 2.24. The maximum Gasteiger partial charge on any atom is 0.212 e. The number of para-hydroxylation sites is 1. The van der Waals surface area contributed by atoms with E-state index in [0.717, 1.165) is 22.3 Å². The molecule has 1 aromatic rings. The first-order chi connectivity index (χ1) is 8.81. The quantitative estimate of drug-likeness (QED) is 0.274. The molecule has 1 fully saturated rings. The second-order valence-electron chi connectivity index (χ2n) is 3.72. The Morgan fingerprint density at radius 3 is 2.78 bits per heavy atom. The third-order valence-corrected chi connectivity index (χ3v) is 3.47. The Morgan fingerprint density at radius 1 is 1.39 bits per heavy atom. The van der Waals surface area contributed by atoms with Crippen molar-refractivity contribution in [1.82, 2.24) is 10.2 Å².